The lowest BCUT2D eigenvalue weighted by Gasteiger charge is -2.02. The molecule has 0 spiro atoms. The second-order valence-corrected chi connectivity index (χ2v) is 3.51. The lowest BCUT2D eigenvalue weighted by molar-refractivity contribution is 1.02. The fourth-order valence-corrected chi connectivity index (χ4v) is 1.35. The predicted octanol–water partition coefficient (Wildman–Crippen LogP) is 3.34. The van der Waals surface area contributed by atoms with Crippen molar-refractivity contribution in [1.29, 1.82) is 0 Å². The minimum atomic E-state index is 1.14. The van der Waals surface area contributed by atoms with Crippen LogP contribution in [-0.4, -0.2) is 0 Å². The van der Waals surface area contributed by atoms with E-state index in [9.17, 15) is 0 Å². The normalized spacial score (nSPS) is 19.8. The highest BCUT2D eigenvalue weighted by atomic mass is 79.9. The fraction of sp³-hybridized carbons (Fsp3) is 0.333. The average molecular weight is 238 g/mol. The number of hydrogen-bond acceptors (Lipinski definition) is 0. The van der Waals surface area contributed by atoms with Gasteiger partial charge >= 0.3 is 0 Å². The maximum atomic E-state index is 3.44. The molecule has 0 heterocycles. The SMILES string of the molecule is BrC1=C(Br)CCC=C1. The van der Waals surface area contributed by atoms with E-state index < -0.39 is 0 Å². The summed E-state index contributed by atoms with van der Waals surface area (Å²) in [6.45, 7) is 0. The highest BCUT2D eigenvalue weighted by molar-refractivity contribution is 9.14. The van der Waals surface area contributed by atoms with Gasteiger partial charge in [0.1, 0.15) is 0 Å². The zero-order valence-corrected chi connectivity index (χ0v) is 7.50. The van der Waals surface area contributed by atoms with Gasteiger partial charge in [-0.05, 0) is 28.8 Å². The van der Waals surface area contributed by atoms with Crippen molar-refractivity contribution in [2.24, 2.45) is 0 Å². The van der Waals surface area contributed by atoms with E-state index in [0.29, 0.717) is 0 Å². The van der Waals surface area contributed by atoms with E-state index in [0.717, 1.165) is 12.8 Å². The summed E-state index contributed by atoms with van der Waals surface area (Å²) in [5, 5.41) is 0. The van der Waals surface area contributed by atoms with E-state index in [-0.39, 0.29) is 0 Å². The van der Waals surface area contributed by atoms with Crippen molar-refractivity contribution in [1.82, 2.24) is 0 Å². The van der Waals surface area contributed by atoms with Crippen LogP contribution >= 0.6 is 31.9 Å². The average Bonchev–Trinajstić information content (AvgIpc) is 1.77. The van der Waals surface area contributed by atoms with Gasteiger partial charge in [0.2, 0.25) is 0 Å². The molecule has 44 valence electrons. The molecule has 8 heavy (non-hydrogen) atoms. The summed E-state index contributed by atoms with van der Waals surface area (Å²) >= 11 is 6.83. The summed E-state index contributed by atoms with van der Waals surface area (Å²) < 4.78 is 2.46. The van der Waals surface area contributed by atoms with Gasteiger partial charge in [0, 0.05) is 8.96 Å². The molecule has 0 amide bonds. The third-order valence-electron chi connectivity index (χ3n) is 1.05. The Balaban J connectivity index is 2.76. The second-order valence-electron chi connectivity index (χ2n) is 1.69. The Kier molecular flexibility index (Phi) is 2.32. The maximum absolute atomic E-state index is 3.44. The van der Waals surface area contributed by atoms with Crippen LogP contribution in [0.4, 0.5) is 0 Å². The minimum absolute atomic E-state index is 1.14. The summed E-state index contributed by atoms with van der Waals surface area (Å²) in [4.78, 5) is 0. The van der Waals surface area contributed by atoms with E-state index in [1.54, 1.807) is 0 Å². The largest absolute Gasteiger partial charge is 0.0830 e. The van der Waals surface area contributed by atoms with Crippen molar-refractivity contribution in [2.45, 2.75) is 12.8 Å². The molecule has 2 heteroatoms. The molecule has 0 nitrogen and oxygen atoms in total. The van der Waals surface area contributed by atoms with Crippen molar-refractivity contribution >= 4 is 31.9 Å². The molecule has 0 saturated heterocycles. The molecule has 0 radical (unpaired) electrons. The van der Waals surface area contributed by atoms with E-state index in [2.05, 4.69) is 44.0 Å². The van der Waals surface area contributed by atoms with Crippen molar-refractivity contribution in [3.05, 3.63) is 21.1 Å². The summed E-state index contributed by atoms with van der Waals surface area (Å²) in [5.41, 5.74) is 0. The van der Waals surface area contributed by atoms with Crippen molar-refractivity contribution in [2.75, 3.05) is 0 Å². The second kappa shape index (κ2) is 2.83. The molecular formula is C6H6Br2. The Labute approximate surface area is 65.9 Å². The Bertz CT molecular complexity index is 145. The van der Waals surface area contributed by atoms with Crippen LogP contribution in [0, 0.1) is 0 Å². The third kappa shape index (κ3) is 1.46. The van der Waals surface area contributed by atoms with Gasteiger partial charge in [-0.15, -0.1) is 0 Å². The first-order valence-corrected chi connectivity index (χ1v) is 4.10. The van der Waals surface area contributed by atoms with Crippen LogP contribution in [0.1, 0.15) is 12.8 Å². The molecule has 0 aromatic carbocycles. The van der Waals surface area contributed by atoms with E-state index in [1.807, 2.05) is 0 Å². The first kappa shape index (κ1) is 6.56. The molecule has 0 aliphatic heterocycles. The number of allylic oxidation sites excluding steroid dienone is 4. The third-order valence-corrected chi connectivity index (χ3v) is 3.15. The van der Waals surface area contributed by atoms with Crippen molar-refractivity contribution in [3.8, 4) is 0 Å². The van der Waals surface area contributed by atoms with Crippen LogP contribution < -0.4 is 0 Å². The van der Waals surface area contributed by atoms with E-state index >= 15 is 0 Å². The Morgan fingerprint density at radius 3 is 2.50 bits per heavy atom. The van der Waals surface area contributed by atoms with E-state index in [1.165, 1.54) is 8.96 Å². The molecule has 0 aromatic heterocycles. The van der Waals surface area contributed by atoms with Gasteiger partial charge in [-0.1, -0.05) is 28.1 Å². The standard InChI is InChI=1S/C6H6Br2/c7-5-3-1-2-4-6(5)8/h1,3H,2,4H2. The highest BCUT2D eigenvalue weighted by Crippen LogP contribution is 2.27. The Morgan fingerprint density at radius 1 is 1.38 bits per heavy atom. The van der Waals surface area contributed by atoms with Gasteiger partial charge in [-0.25, -0.2) is 0 Å². The first-order chi connectivity index (χ1) is 3.80. The van der Waals surface area contributed by atoms with Crippen LogP contribution in [0.15, 0.2) is 21.1 Å². The lowest BCUT2D eigenvalue weighted by atomic mass is 10.2. The molecule has 0 fully saturated rings. The van der Waals surface area contributed by atoms with Crippen molar-refractivity contribution < 1.29 is 0 Å². The van der Waals surface area contributed by atoms with Crippen LogP contribution in [0.3, 0.4) is 0 Å². The number of rotatable bonds is 0. The van der Waals surface area contributed by atoms with Crippen LogP contribution in [-0.2, 0) is 0 Å². The number of halogens is 2. The molecule has 1 aliphatic rings. The maximum Gasteiger partial charge on any atom is 0.0273 e. The zero-order chi connectivity index (χ0) is 5.98. The summed E-state index contributed by atoms with van der Waals surface area (Å²) in [5.74, 6) is 0. The topological polar surface area (TPSA) is 0 Å². The number of hydrogen-bond donors (Lipinski definition) is 0. The van der Waals surface area contributed by atoms with E-state index in [4.69, 9.17) is 0 Å². The first-order valence-electron chi connectivity index (χ1n) is 2.51. The smallest absolute Gasteiger partial charge is 0.0273 e. The molecule has 0 aromatic rings. The minimum Gasteiger partial charge on any atom is -0.0830 e. The Hall–Kier alpha value is 0.440. The van der Waals surface area contributed by atoms with Gasteiger partial charge < -0.3 is 0 Å². The lowest BCUT2D eigenvalue weighted by Crippen LogP contribution is -1.80. The predicted molar refractivity (Wildman–Crippen MR) is 43.3 cm³/mol. The monoisotopic (exact) mass is 236 g/mol. The van der Waals surface area contributed by atoms with Crippen molar-refractivity contribution in [3.63, 3.8) is 0 Å². The fourth-order valence-electron chi connectivity index (χ4n) is 0.607. The molecule has 0 bridgehead atoms. The zero-order valence-electron chi connectivity index (χ0n) is 4.32. The molecule has 1 aliphatic carbocycles. The highest BCUT2D eigenvalue weighted by Gasteiger charge is 1.99. The summed E-state index contributed by atoms with van der Waals surface area (Å²) in [7, 11) is 0. The summed E-state index contributed by atoms with van der Waals surface area (Å²) in [6, 6.07) is 0. The van der Waals surface area contributed by atoms with Gasteiger partial charge in [0.15, 0.2) is 0 Å². The van der Waals surface area contributed by atoms with Gasteiger partial charge in [0.25, 0.3) is 0 Å². The van der Waals surface area contributed by atoms with Gasteiger partial charge in [-0.2, -0.15) is 0 Å². The molecule has 1 rings (SSSR count). The van der Waals surface area contributed by atoms with Gasteiger partial charge in [0.05, 0.1) is 0 Å². The quantitative estimate of drug-likeness (QED) is 0.607. The van der Waals surface area contributed by atoms with Gasteiger partial charge in [-0.3, -0.25) is 0 Å². The van der Waals surface area contributed by atoms with Crippen LogP contribution in [0.5, 0.6) is 0 Å². The Morgan fingerprint density at radius 2 is 2.12 bits per heavy atom. The molecule has 0 unspecified atom stereocenters. The summed E-state index contributed by atoms with van der Waals surface area (Å²) in [6.07, 6.45) is 6.54. The molecule has 0 atom stereocenters. The molecule has 0 saturated carbocycles. The van der Waals surface area contributed by atoms with Crippen LogP contribution in [0.25, 0.3) is 0 Å². The molecular weight excluding hydrogens is 232 g/mol. The molecule has 0 N–H and O–H groups in total. The van der Waals surface area contributed by atoms with Crippen LogP contribution in [0.2, 0.25) is 0 Å².